The fraction of sp³-hybridized carbons (Fsp3) is 0.400. The molecule has 0 unspecified atom stereocenters. The van der Waals surface area contributed by atoms with Crippen LogP contribution in [0.2, 0.25) is 5.02 Å². The number of halogens is 1. The standard InChI is InChI=1S/C15H19ClN4O2S/c1-20-14(11-3-5-12(16)6-4-11)18-19-15(20)23-10-9-17-8-7-13(21)22-2/h3-6,17H,7-10H2,1-2H3. The lowest BCUT2D eigenvalue weighted by Gasteiger charge is -2.05. The molecule has 0 aliphatic heterocycles. The maximum Gasteiger partial charge on any atom is 0.306 e. The molecule has 6 nitrogen and oxygen atoms in total. The number of ether oxygens (including phenoxy) is 1. The van der Waals surface area contributed by atoms with Gasteiger partial charge in [0.1, 0.15) is 0 Å². The normalized spacial score (nSPS) is 10.7. The number of methoxy groups -OCH3 is 1. The van der Waals surface area contributed by atoms with Crippen LogP contribution in [-0.2, 0) is 16.6 Å². The second kappa shape index (κ2) is 8.90. The molecule has 2 aromatic rings. The molecule has 0 bridgehead atoms. The first-order valence-corrected chi connectivity index (χ1v) is 8.54. The molecule has 23 heavy (non-hydrogen) atoms. The van der Waals surface area contributed by atoms with Gasteiger partial charge in [-0.05, 0) is 24.3 Å². The van der Waals surface area contributed by atoms with Crippen molar-refractivity contribution in [2.45, 2.75) is 11.6 Å². The van der Waals surface area contributed by atoms with Crippen molar-refractivity contribution in [2.24, 2.45) is 7.05 Å². The predicted octanol–water partition coefficient (Wildman–Crippen LogP) is 2.38. The highest BCUT2D eigenvalue weighted by Crippen LogP contribution is 2.23. The Hall–Kier alpha value is -1.57. The van der Waals surface area contributed by atoms with Crippen LogP contribution in [0, 0.1) is 0 Å². The van der Waals surface area contributed by atoms with Crippen molar-refractivity contribution in [3.63, 3.8) is 0 Å². The van der Waals surface area contributed by atoms with Gasteiger partial charge >= 0.3 is 5.97 Å². The minimum absolute atomic E-state index is 0.203. The SMILES string of the molecule is COC(=O)CCNCCSc1nnc(-c2ccc(Cl)cc2)n1C. The molecule has 124 valence electrons. The predicted molar refractivity (Wildman–Crippen MR) is 91.7 cm³/mol. The van der Waals surface area contributed by atoms with E-state index in [2.05, 4.69) is 20.3 Å². The number of benzene rings is 1. The second-order valence-corrected chi connectivity index (χ2v) is 6.30. The highest BCUT2D eigenvalue weighted by molar-refractivity contribution is 7.99. The molecular formula is C15H19ClN4O2S. The van der Waals surface area contributed by atoms with Gasteiger partial charge in [-0.15, -0.1) is 10.2 Å². The number of nitrogens with one attached hydrogen (secondary N) is 1. The van der Waals surface area contributed by atoms with Gasteiger partial charge in [-0.3, -0.25) is 4.79 Å². The summed E-state index contributed by atoms with van der Waals surface area (Å²) in [7, 11) is 3.33. The number of hydrogen-bond acceptors (Lipinski definition) is 6. The van der Waals surface area contributed by atoms with E-state index in [-0.39, 0.29) is 5.97 Å². The van der Waals surface area contributed by atoms with Gasteiger partial charge in [-0.2, -0.15) is 0 Å². The van der Waals surface area contributed by atoms with Crippen molar-refractivity contribution < 1.29 is 9.53 Å². The Labute approximate surface area is 144 Å². The first kappa shape index (κ1) is 17.8. The van der Waals surface area contributed by atoms with Gasteiger partial charge < -0.3 is 14.6 Å². The van der Waals surface area contributed by atoms with E-state index < -0.39 is 0 Å². The summed E-state index contributed by atoms with van der Waals surface area (Å²) in [5.74, 6) is 1.45. The average Bonchev–Trinajstić information content (AvgIpc) is 2.92. The van der Waals surface area contributed by atoms with Gasteiger partial charge in [0, 0.05) is 36.5 Å². The molecule has 0 aliphatic carbocycles. The van der Waals surface area contributed by atoms with Gasteiger partial charge in [0.05, 0.1) is 13.5 Å². The summed E-state index contributed by atoms with van der Waals surface area (Å²) in [6.45, 7) is 1.40. The van der Waals surface area contributed by atoms with Crippen LogP contribution in [0.4, 0.5) is 0 Å². The van der Waals surface area contributed by atoms with Crippen LogP contribution in [-0.4, -0.2) is 46.7 Å². The van der Waals surface area contributed by atoms with E-state index in [4.69, 9.17) is 11.6 Å². The monoisotopic (exact) mass is 354 g/mol. The van der Waals surface area contributed by atoms with E-state index in [9.17, 15) is 4.79 Å². The average molecular weight is 355 g/mol. The number of rotatable bonds is 8. The van der Waals surface area contributed by atoms with Crippen molar-refractivity contribution in [3.05, 3.63) is 29.3 Å². The maximum atomic E-state index is 11.0. The van der Waals surface area contributed by atoms with Crippen LogP contribution >= 0.6 is 23.4 Å². The van der Waals surface area contributed by atoms with Crippen LogP contribution < -0.4 is 5.32 Å². The van der Waals surface area contributed by atoms with Gasteiger partial charge in [-0.25, -0.2) is 0 Å². The van der Waals surface area contributed by atoms with Crippen molar-refractivity contribution in [1.29, 1.82) is 0 Å². The van der Waals surface area contributed by atoms with E-state index in [1.807, 2.05) is 35.9 Å². The number of aromatic nitrogens is 3. The van der Waals surface area contributed by atoms with Crippen LogP contribution in [0.3, 0.4) is 0 Å². The number of hydrogen-bond donors (Lipinski definition) is 1. The van der Waals surface area contributed by atoms with Gasteiger partial charge in [0.25, 0.3) is 0 Å². The zero-order valence-electron chi connectivity index (χ0n) is 13.1. The Morgan fingerprint density at radius 1 is 1.30 bits per heavy atom. The summed E-state index contributed by atoms with van der Waals surface area (Å²) in [6.07, 6.45) is 0.381. The molecule has 8 heteroatoms. The second-order valence-electron chi connectivity index (χ2n) is 4.80. The third-order valence-corrected chi connectivity index (χ3v) is 4.45. The van der Waals surface area contributed by atoms with E-state index in [0.29, 0.717) is 18.0 Å². The quantitative estimate of drug-likeness (QED) is 0.446. The third-order valence-electron chi connectivity index (χ3n) is 3.18. The maximum absolute atomic E-state index is 11.0. The summed E-state index contributed by atoms with van der Waals surface area (Å²) < 4.78 is 6.54. The first-order chi connectivity index (χ1) is 11.1. The zero-order valence-corrected chi connectivity index (χ0v) is 14.7. The molecule has 1 aromatic heterocycles. The lowest BCUT2D eigenvalue weighted by molar-refractivity contribution is -0.140. The number of esters is 1. The van der Waals surface area contributed by atoms with Crippen molar-refractivity contribution in [2.75, 3.05) is 26.0 Å². The Kier molecular flexibility index (Phi) is 6.88. The fourth-order valence-electron chi connectivity index (χ4n) is 1.92. The van der Waals surface area contributed by atoms with E-state index in [1.165, 1.54) is 7.11 Å². The number of thioether (sulfide) groups is 1. The fourth-order valence-corrected chi connectivity index (χ4v) is 2.86. The highest BCUT2D eigenvalue weighted by Gasteiger charge is 2.10. The molecule has 0 saturated carbocycles. The molecule has 0 saturated heterocycles. The van der Waals surface area contributed by atoms with E-state index in [0.717, 1.165) is 28.8 Å². The minimum Gasteiger partial charge on any atom is -0.469 e. The Morgan fingerprint density at radius 2 is 2.04 bits per heavy atom. The molecule has 0 spiro atoms. The number of carbonyl (C=O) groups excluding carboxylic acids is 1. The van der Waals surface area contributed by atoms with Crippen molar-refractivity contribution >= 4 is 29.3 Å². The number of carbonyl (C=O) groups is 1. The molecule has 0 radical (unpaired) electrons. The molecule has 1 heterocycles. The van der Waals surface area contributed by atoms with Crippen LogP contribution in [0.5, 0.6) is 0 Å². The van der Waals surface area contributed by atoms with Gasteiger partial charge in [0.15, 0.2) is 11.0 Å². The topological polar surface area (TPSA) is 69.0 Å². The van der Waals surface area contributed by atoms with Gasteiger partial charge in [-0.1, -0.05) is 23.4 Å². The molecule has 2 rings (SSSR count). The largest absolute Gasteiger partial charge is 0.469 e. The summed E-state index contributed by atoms with van der Waals surface area (Å²) in [5.41, 5.74) is 0.979. The molecule has 0 fully saturated rings. The Bertz CT molecular complexity index is 645. The lowest BCUT2D eigenvalue weighted by atomic mass is 10.2. The molecule has 0 amide bonds. The highest BCUT2D eigenvalue weighted by atomic mass is 35.5. The Morgan fingerprint density at radius 3 is 2.74 bits per heavy atom. The summed E-state index contributed by atoms with van der Waals surface area (Å²) in [4.78, 5) is 11.0. The molecule has 0 atom stereocenters. The molecule has 1 aromatic carbocycles. The molecule has 1 N–H and O–H groups in total. The first-order valence-electron chi connectivity index (χ1n) is 7.17. The zero-order chi connectivity index (χ0) is 16.7. The Balaban J connectivity index is 1.81. The van der Waals surface area contributed by atoms with Crippen molar-refractivity contribution in [3.8, 4) is 11.4 Å². The van der Waals surface area contributed by atoms with E-state index >= 15 is 0 Å². The van der Waals surface area contributed by atoms with Crippen LogP contribution in [0.1, 0.15) is 6.42 Å². The number of nitrogens with zero attached hydrogens (tertiary/aromatic N) is 3. The van der Waals surface area contributed by atoms with Crippen LogP contribution in [0.15, 0.2) is 29.4 Å². The third kappa shape index (κ3) is 5.23. The minimum atomic E-state index is -0.203. The van der Waals surface area contributed by atoms with Gasteiger partial charge in [0.2, 0.25) is 0 Å². The summed E-state index contributed by atoms with van der Waals surface area (Å²) in [6, 6.07) is 7.53. The van der Waals surface area contributed by atoms with Crippen molar-refractivity contribution in [1.82, 2.24) is 20.1 Å². The lowest BCUT2D eigenvalue weighted by Crippen LogP contribution is -2.21. The van der Waals surface area contributed by atoms with E-state index in [1.54, 1.807) is 11.8 Å². The summed E-state index contributed by atoms with van der Waals surface area (Å²) >= 11 is 7.52. The molecule has 0 aliphatic rings. The smallest absolute Gasteiger partial charge is 0.306 e. The summed E-state index contributed by atoms with van der Waals surface area (Å²) in [5, 5.41) is 13.2. The molecular weight excluding hydrogens is 336 g/mol. The van der Waals surface area contributed by atoms with Crippen LogP contribution in [0.25, 0.3) is 11.4 Å².